The smallest absolute Gasteiger partial charge is 0.261 e. The topological polar surface area (TPSA) is 29.1 Å². The average molecular weight is 317 g/mol. The molecule has 0 aliphatic rings. The molecule has 0 aliphatic carbocycles. The molecule has 0 spiro atoms. The van der Waals surface area contributed by atoms with Gasteiger partial charge < -0.3 is 5.32 Å². The summed E-state index contributed by atoms with van der Waals surface area (Å²) in [7, 11) is 0. The Bertz CT molecular complexity index is 732. The molecule has 5 heteroatoms. The molecule has 0 saturated carbocycles. The highest BCUT2D eigenvalue weighted by Gasteiger charge is 2.10. The van der Waals surface area contributed by atoms with E-state index in [0.29, 0.717) is 11.4 Å². The van der Waals surface area contributed by atoms with Gasteiger partial charge in [-0.25, -0.2) is 4.39 Å². The highest BCUT2D eigenvalue weighted by Crippen LogP contribution is 2.28. The van der Waals surface area contributed by atoms with Crippen molar-refractivity contribution in [3.8, 4) is 10.4 Å². The summed E-state index contributed by atoms with van der Waals surface area (Å²) in [5, 5.41) is 4.88. The summed E-state index contributed by atoms with van der Waals surface area (Å²) in [4.78, 5) is 14.8. The SMILES string of the molecule is O=C(NCc1cccs1)c1ccc(-c2ccc(F)cc2)s1. The van der Waals surface area contributed by atoms with E-state index in [9.17, 15) is 9.18 Å². The number of halogens is 1. The molecule has 2 aromatic heterocycles. The van der Waals surface area contributed by atoms with E-state index < -0.39 is 0 Å². The third-order valence-electron chi connectivity index (χ3n) is 2.96. The van der Waals surface area contributed by atoms with E-state index in [1.807, 2.05) is 23.6 Å². The van der Waals surface area contributed by atoms with Crippen molar-refractivity contribution >= 4 is 28.6 Å². The fraction of sp³-hybridized carbons (Fsp3) is 0.0625. The van der Waals surface area contributed by atoms with Gasteiger partial charge in [-0.1, -0.05) is 18.2 Å². The molecule has 0 bridgehead atoms. The molecule has 3 rings (SSSR count). The quantitative estimate of drug-likeness (QED) is 0.751. The minimum absolute atomic E-state index is 0.0817. The number of nitrogens with one attached hydrogen (secondary N) is 1. The van der Waals surface area contributed by atoms with Gasteiger partial charge in [-0.05, 0) is 41.3 Å². The minimum Gasteiger partial charge on any atom is -0.346 e. The largest absolute Gasteiger partial charge is 0.346 e. The highest BCUT2D eigenvalue weighted by molar-refractivity contribution is 7.17. The van der Waals surface area contributed by atoms with Gasteiger partial charge in [0.1, 0.15) is 5.82 Å². The van der Waals surface area contributed by atoms with Crippen LogP contribution in [0.25, 0.3) is 10.4 Å². The van der Waals surface area contributed by atoms with Crippen molar-refractivity contribution in [1.82, 2.24) is 5.32 Å². The molecule has 0 unspecified atom stereocenters. The number of amides is 1. The van der Waals surface area contributed by atoms with Crippen molar-refractivity contribution in [1.29, 1.82) is 0 Å². The number of carbonyl (C=O) groups is 1. The van der Waals surface area contributed by atoms with E-state index in [2.05, 4.69) is 5.32 Å². The Morgan fingerprint density at radius 1 is 1.10 bits per heavy atom. The summed E-state index contributed by atoms with van der Waals surface area (Å²) in [6.07, 6.45) is 0. The zero-order valence-corrected chi connectivity index (χ0v) is 12.6. The molecule has 2 nitrogen and oxygen atoms in total. The van der Waals surface area contributed by atoms with Crippen LogP contribution in [-0.4, -0.2) is 5.91 Å². The Kier molecular flexibility index (Phi) is 4.13. The molecule has 0 fully saturated rings. The molecular weight excluding hydrogens is 305 g/mol. The molecule has 0 atom stereocenters. The van der Waals surface area contributed by atoms with Gasteiger partial charge in [0.05, 0.1) is 11.4 Å². The predicted octanol–water partition coefficient (Wildman–Crippen LogP) is 4.55. The van der Waals surface area contributed by atoms with Crippen molar-refractivity contribution in [2.24, 2.45) is 0 Å². The number of hydrogen-bond acceptors (Lipinski definition) is 3. The van der Waals surface area contributed by atoms with Crippen LogP contribution in [0.4, 0.5) is 4.39 Å². The van der Waals surface area contributed by atoms with Gasteiger partial charge in [-0.3, -0.25) is 4.79 Å². The van der Waals surface area contributed by atoms with E-state index in [-0.39, 0.29) is 11.7 Å². The van der Waals surface area contributed by atoms with Gasteiger partial charge in [0.15, 0.2) is 0 Å². The van der Waals surface area contributed by atoms with Gasteiger partial charge in [0, 0.05) is 9.75 Å². The lowest BCUT2D eigenvalue weighted by atomic mass is 10.2. The number of rotatable bonds is 4. The molecule has 1 N–H and O–H groups in total. The summed E-state index contributed by atoms with van der Waals surface area (Å²) in [5.41, 5.74) is 0.915. The highest BCUT2D eigenvalue weighted by atomic mass is 32.1. The Morgan fingerprint density at radius 3 is 2.62 bits per heavy atom. The normalized spacial score (nSPS) is 10.5. The minimum atomic E-state index is -0.260. The third kappa shape index (κ3) is 3.37. The zero-order valence-electron chi connectivity index (χ0n) is 11.0. The van der Waals surface area contributed by atoms with Crippen LogP contribution in [0.15, 0.2) is 53.9 Å². The fourth-order valence-corrected chi connectivity index (χ4v) is 3.47. The van der Waals surface area contributed by atoms with Crippen LogP contribution < -0.4 is 5.32 Å². The van der Waals surface area contributed by atoms with Crippen LogP contribution >= 0.6 is 22.7 Å². The van der Waals surface area contributed by atoms with E-state index in [1.54, 1.807) is 29.5 Å². The first kappa shape index (κ1) is 14.0. The summed E-state index contributed by atoms with van der Waals surface area (Å²) < 4.78 is 12.9. The Balaban J connectivity index is 1.69. The summed E-state index contributed by atoms with van der Waals surface area (Å²) >= 11 is 3.02. The Labute approximate surface area is 129 Å². The molecule has 3 aromatic rings. The van der Waals surface area contributed by atoms with Crippen LogP contribution in [0.1, 0.15) is 14.5 Å². The van der Waals surface area contributed by atoms with Crippen LogP contribution in [0.3, 0.4) is 0 Å². The van der Waals surface area contributed by atoms with E-state index in [1.165, 1.54) is 23.5 Å². The number of benzene rings is 1. The zero-order chi connectivity index (χ0) is 14.7. The molecule has 1 amide bonds. The number of thiophene rings is 2. The first-order valence-corrected chi connectivity index (χ1v) is 8.08. The van der Waals surface area contributed by atoms with Crippen molar-refractivity contribution in [2.75, 3.05) is 0 Å². The first-order chi connectivity index (χ1) is 10.2. The van der Waals surface area contributed by atoms with Crippen LogP contribution in [0.2, 0.25) is 0 Å². The van der Waals surface area contributed by atoms with E-state index in [0.717, 1.165) is 15.3 Å². The molecule has 0 radical (unpaired) electrons. The van der Waals surface area contributed by atoms with Gasteiger partial charge in [0.25, 0.3) is 5.91 Å². The molecule has 2 heterocycles. The molecular formula is C16H12FNOS2. The molecule has 21 heavy (non-hydrogen) atoms. The van der Waals surface area contributed by atoms with Crippen LogP contribution in [0.5, 0.6) is 0 Å². The summed E-state index contributed by atoms with van der Waals surface area (Å²) in [6, 6.07) is 13.9. The Hall–Kier alpha value is -1.98. The van der Waals surface area contributed by atoms with Crippen molar-refractivity contribution in [2.45, 2.75) is 6.54 Å². The monoisotopic (exact) mass is 317 g/mol. The van der Waals surface area contributed by atoms with Crippen molar-refractivity contribution in [3.05, 3.63) is 69.5 Å². The standard InChI is InChI=1S/C16H12FNOS2/c17-12-5-3-11(4-6-12)14-7-8-15(21-14)16(19)18-10-13-2-1-9-20-13/h1-9H,10H2,(H,18,19). The first-order valence-electron chi connectivity index (χ1n) is 6.39. The molecule has 0 saturated heterocycles. The van der Waals surface area contributed by atoms with Gasteiger partial charge in [-0.15, -0.1) is 22.7 Å². The maximum atomic E-state index is 12.9. The van der Waals surface area contributed by atoms with Gasteiger partial charge >= 0.3 is 0 Å². The summed E-state index contributed by atoms with van der Waals surface area (Å²) in [5.74, 6) is -0.342. The Morgan fingerprint density at radius 2 is 1.90 bits per heavy atom. The third-order valence-corrected chi connectivity index (χ3v) is 4.97. The summed E-state index contributed by atoms with van der Waals surface area (Å²) in [6.45, 7) is 0.542. The maximum Gasteiger partial charge on any atom is 0.261 e. The fourth-order valence-electron chi connectivity index (χ4n) is 1.90. The van der Waals surface area contributed by atoms with Crippen molar-refractivity contribution < 1.29 is 9.18 Å². The van der Waals surface area contributed by atoms with E-state index in [4.69, 9.17) is 0 Å². The lowest BCUT2D eigenvalue weighted by molar-refractivity contribution is 0.0955. The van der Waals surface area contributed by atoms with Gasteiger partial charge in [-0.2, -0.15) is 0 Å². The van der Waals surface area contributed by atoms with Crippen molar-refractivity contribution in [3.63, 3.8) is 0 Å². The maximum absolute atomic E-state index is 12.9. The second-order valence-corrected chi connectivity index (χ2v) is 6.55. The van der Waals surface area contributed by atoms with Crippen LogP contribution in [0, 0.1) is 5.82 Å². The van der Waals surface area contributed by atoms with Crippen LogP contribution in [-0.2, 0) is 6.54 Å². The lowest BCUT2D eigenvalue weighted by Gasteiger charge is -2.01. The lowest BCUT2D eigenvalue weighted by Crippen LogP contribution is -2.21. The second-order valence-electron chi connectivity index (χ2n) is 4.43. The molecule has 1 aromatic carbocycles. The predicted molar refractivity (Wildman–Crippen MR) is 85.2 cm³/mol. The van der Waals surface area contributed by atoms with Gasteiger partial charge in [0.2, 0.25) is 0 Å². The molecule has 106 valence electrons. The average Bonchev–Trinajstić information content (AvgIpc) is 3.17. The second kappa shape index (κ2) is 6.20. The number of carbonyl (C=O) groups excluding carboxylic acids is 1. The molecule has 0 aliphatic heterocycles. The number of hydrogen-bond donors (Lipinski definition) is 1. The van der Waals surface area contributed by atoms with E-state index >= 15 is 0 Å².